The fraction of sp³-hybridized carbons (Fsp3) is 0.824. The SMILES string of the molecule is CC(C)(C)c1cnc([C@@H]2COCCN2C2CCCCC2)[nH]1. The molecule has 1 aromatic rings. The van der Waals surface area contributed by atoms with E-state index in [0.717, 1.165) is 31.6 Å². The van der Waals surface area contributed by atoms with Gasteiger partial charge >= 0.3 is 0 Å². The molecule has 1 aromatic heterocycles. The van der Waals surface area contributed by atoms with Gasteiger partial charge in [-0.1, -0.05) is 40.0 Å². The molecule has 21 heavy (non-hydrogen) atoms. The van der Waals surface area contributed by atoms with Gasteiger partial charge in [0.25, 0.3) is 0 Å². The van der Waals surface area contributed by atoms with Crippen molar-refractivity contribution in [2.45, 2.75) is 70.4 Å². The highest BCUT2D eigenvalue weighted by atomic mass is 16.5. The molecule has 4 heteroatoms. The highest BCUT2D eigenvalue weighted by Crippen LogP contribution is 2.32. The first-order valence-electron chi connectivity index (χ1n) is 8.44. The molecule has 118 valence electrons. The van der Waals surface area contributed by atoms with E-state index in [1.807, 2.05) is 6.20 Å². The minimum atomic E-state index is 0.121. The number of imidazole rings is 1. The molecule has 1 atom stereocenters. The summed E-state index contributed by atoms with van der Waals surface area (Å²) in [6.45, 7) is 9.34. The van der Waals surface area contributed by atoms with E-state index in [0.29, 0.717) is 6.04 Å². The predicted molar refractivity (Wildman–Crippen MR) is 84.4 cm³/mol. The van der Waals surface area contributed by atoms with E-state index in [1.54, 1.807) is 0 Å². The van der Waals surface area contributed by atoms with Crippen LogP contribution in [0.4, 0.5) is 0 Å². The smallest absolute Gasteiger partial charge is 0.126 e. The van der Waals surface area contributed by atoms with Crippen molar-refractivity contribution in [2.75, 3.05) is 19.8 Å². The Hall–Kier alpha value is -0.870. The topological polar surface area (TPSA) is 41.1 Å². The summed E-state index contributed by atoms with van der Waals surface area (Å²) < 4.78 is 5.75. The minimum Gasteiger partial charge on any atom is -0.378 e. The third-order valence-electron chi connectivity index (χ3n) is 4.93. The number of aromatic nitrogens is 2. The quantitative estimate of drug-likeness (QED) is 0.908. The van der Waals surface area contributed by atoms with Crippen LogP contribution in [0.2, 0.25) is 0 Å². The zero-order chi connectivity index (χ0) is 14.9. The number of hydrogen-bond donors (Lipinski definition) is 1. The molecule has 0 amide bonds. The fourth-order valence-electron chi connectivity index (χ4n) is 3.59. The Morgan fingerprint density at radius 2 is 2.00 bits per heavy atom. The molecule has 0 unspecified atom stereocenters. The molecule has 1 N–H and O–H groups in total. The fourth-order valence-corrected chi connectivity index (χ4v) is 3.59. The van der Waals surface area contributed by atoms with Crippen LogP contribution in [0.5, 0.6) is 0 Å². The van der Waals surface area contributed by atoms with Gasteiger partial charge in [-0.05, 0) is 12.8 Å². The van der Waals surface area contributed by atoms with E-state index >= 15 is 0 Å². The Morgan fingerprint density at radius 1 is 1.24 bits per heavy atom. The molecule has 2 heterocycles. The van der Waals surface area contributed by atoms with Gasteiger partial charge in [-0.25, -0.2) is 4.98 Å². The summed E-state index contributed by atoms with van der Waals surface area (Å²) in [5.74, 6) is 1.09. The van der Waals surface area contributed by atoms with Gasteiger partial charge in [-0.15, -0.1) is 0 Å². The Bertz CT molecular complexity index is 457. The van der Waals surface area contributed by atoms with Gasteiger partial charge in [0.05, 0.1) is 19.3 Å². The molecule has 0 spiro atoms. The van der Waals surface area contributed by atoms with Crippen molar-refractivity contribution in [3.05, 3.63) is 17.7 Å². The number of ether oxygens (including phenoxy) is 1. The van der Waals surface area contributed by atoms with E-state index < -0.39 is 0 Å². The van der Waals surface area contributed by atoms with Crippen LogP contribution in [-0.2, 0) is 10.2 Å². The van der Waals surface area contributed by atoms with Crippen LogP contribution in [0, 0.1) is 0 Å². The van der Waals surface area contributed by atoms with E-state index in [-0.39, 0.29) is 5.41 Å². The summed E-state index contributed by atoms with van der Waals surface area (Å²) in [6, 6.07) is 1.02. The van der Waals surface area contributed by atoms with Gasteiger partial charge in [-0.3, -0.25) is 4.90 Å². The summed E-state index contributed by atoms with van der Waals surface area (Å²) in [5, 5.41) is 0. The average Bonchev–Trinajstić information content (AvgIpc) is 2.98. The van der Waals surface area contributed by atoms with Crippen LogP contribution in [0.25, 0.3) is 0 Å². The van der Waals surface area contributed by atoms with E-state index in [4.69, 9.17) is 4.74 Å². The molecule has 1 aliphatic carbocycles. The number of hydrogen-bond acceptors (Lipinski definition) is 3. The van der Waals surface area contributed by atoms with Crippen LogP contribution in [-0.4, -0.2) is 40.7 Å². The average molecular weight is 291 g/mol. The van der Waals surface area contributed by atoms with Crippen LogP contribution in [0.1, 0.15) is 70.4 Å². The van der Waals surface area contributed by atoms with Crippen molar-refractivity contribution >= 4 is 0 Å². The zero-order valence-electron chi connectivity index (χ0n) is 13.7. The summed E-state index contributed by atoms with van der Waals surface area (Å²) in [4.78, 5) is 10.9. The lowest BCUT2D eigenvalue weighted by molar-refractivity contribution is -0.0401. The third-order valence-corrected chi connectivity index (χ3v) is 4.93. The van der Waals surface area contributed by atoms with Crippen LogP contribution < -0.4 is 0 Å². The van der Waals surface area contributed by atoms with Crippen LogP contribution >= 0.6 is 0 Å². The minimum absolute atomic E-state index is 0.121. The van der Waals surface area contributed by atoms with Crippen molar-refractivity contribution < 1.29 is 4.74 Å². The van der Waals surface area contributed by atoms with Crippen molar-refractivity contribution in [1.82, 2.24) is 14.9 Å². The maximum atomic E-state index is 5.75. The largest absolute Gasteiger partial charge is 0.378 e. The van der Waals surface area contributed by atoms with Gasteiger partial charge in [0.15, 0.2) is 0 Å². The second kappa shape index (κ2) is 6.09. The molecule has 4 nitrogen and oxygen atoms in total. The highest BCUT2D eigenvalue weighted by molar-refractivity contribution is 5.14. The Balaban J connectivity index is 1.78. The standard InChI is InChI=1S/C17H29N3O/c1-17(2,3)15-11-18-16(19-15)14-12-21-10-9-20(14)13-7-5-4-6-8-13/h11,13-14H,4-10,12H2,1-3H3,(H,18,19)/t14-/m0/s1. The van der Waals surface area contributed by atoms with Gasteiger partial charge < -0.3 is 9.72 Å². The second-order valence-corrected chi connectivity index (χ2v) is 7.55. The first kappa shape index (κ1) is 15.0. The summed E-state index contributed by atoms with van der Waals surface area (Å²) >= 11 is 0. The lowest BCUT2D eigenvalue weighted by atomic mass is 9.92. The predicted octanol–water partition coefficient (Wildman–Crippen LogP) is 3.41. The van der Waals surface area contributed by atoms with Gasteiger partial charge in [0.1, 0.15) is 5.82 Å². The molecule has 2 fully saturated rings. The lowest BCUT2D eigenvalue weighted by Crippen LogP contribution is -2.46. The normalized spacial score (nSPS) is 26.1. The van der Waals surface area contributed by atoms with Crippen molar-refractivity contribution in [3.63, 3.8) is 0 Å². The molecule has 1 saturated carbocycles. The first-order chi connectivity index (χ1) is 10.1. The highest BCUT2D eigenvalue weighted by Gasteiger charge is 2.33. The molecular formula is C17H29N3O. The molecule has 1 saturated heterocycles. The van der Waals surface area contributed by atoms with Crippen molar-refractivity contribution in [1.29, 1.82) is 0 Å². The number of aromatic amines is 1. The maximum Gasteiger partial charge on any atom is 0.126 e. The molecular weight excluding hydrogens is 262 g/mol. The van der Waals surface area contributed by atoms with E-state index in [1.165, 1.54) is 37.8 Å². The maximum absolute atomic E-state index is 5.75. The van der Waals surface area contributed by atoms with E-state index in [2.05, 4.69) is 35.6 Å². The number of H-pyrrole nitrogens is 1. The van der Waals surface area contributed by atoms with E-state index in [9.17, 15) is 0 Å². The second-order valence-electron chi connectivity index (χ2n) is 7.55. The van der Waals surface area contributed by atoms with Crippen LogP contribution in [0.3, 0.4) is 0 Å². The van der Waals surface area contributed by atoms with Gasteiger partial charge in [0, 0.05) is 29.9 Å². The van der Waals surface area contributed by atoms with Gasteiger partial charge in [-0.2, -0.15) is 0 Å². The summed E-state index contributed by atoms with van der Waals surface area (Å²) in [7, 11) is 0. The molecule has 3 rings (SSSR count). The van der Waals surface area contributed by atoms with Gasteiger partial charge in [0.2, 0.25) is 0 Å². The molecule has 1 aliphatic heterocycles. The number of nitrogens with one attached hydrogen (secondary N) is 1. The molecule has 0 aromatic carbocycles. The third kappa shape index (κ3) is 3.32. The summed E-state index contributed by atoms with van der Waals surface area (Å²) in [5.41, 5.74) is 1.34. The van der Waals surface area contributed by atoms with Crippen LogP contribution in [0.15, 0.2) is 6.20 Å². The van der Waals surface area contributed by atoms with Crippen molar-refractivity contribution in [2.24, 2.45) is 0 Å². The number of nitrogens with zero attached hydrogens (tertiary/aromatic N) is 2. The molecule has 0 radical (unpaired) electrons. The molecule has 2 aliphatic rings. The first-order valence-corrected chi connectivity index (χ1v) is 8.44. The Kier molecular flexibility index (Phi) is 4.36. The monoisotopic (exact) mass is 291 g/mol. The Morgan fingerprint density at radius 3 is 2.67 bits per heavy atom. The number of morpholine rings is 1. The zero-order valence-corrected chi connectivity index (χ0v) is 13.7. The Labute approximate surface area is 128 Å². The molecule has 0 bridgehead atoms. The number of rotatable bonds is 2. The lowest BCUT2D eigenvalue weighted by Gasteiger charge is -2.41. The summed E-state index contributed by atoms with van der Waals surface area (Å²) in [6.07, 6.45) is 8.83. The van der Waals surface area contributed by atoms with Crippen molar-refractivity contribution in [3.8, 4) is 0 Å².